The first kappa shape index (κ1) is 12.4. The van der Waals surface area contributed by atoms with Gasteiger partial charge in [-0.15, -0.1) is 0 Å². The van der Waals surface area contributed by atoms with E-state index in [0.717, 1.165) is 0 Å². The Balaban J connectivity index is 3.36. The Morgan fingerprint density at radius 3 is 2.50 bits per heavy atom. The average Bonchev–Trinajstić information content (AvgIpc) is 2.35. The molecule has 0 spiro atoms. The van der Waals surface area contributed by atoms with Gasteiger partial charge in [0.2, 0.25) is 0 Å². The number of nitrogens with two attached hydrogens (primary N) is 1. The smallest absolute Gasteiger partial charge is 0.180 e. The van der Waals surface area contributed by atoms with Gasteiger partial charge in [-0.2, -0.15) is 0 Å². The lowest BCUT2D eigenvalue weighted by atomic mass is 10.1. The Morgan fingerprint density at radius 2 is 2.06 bits per heavy atom. The maximum atomic E-state index is 12.6. The highest BCUT2D eigenvalue weighted by atomic mass is 19.1. The predicted molar refractivity (Wildman–Crippen MR) is 57.7 cm³/mol. The maximum absolute atomic E-state index is 12.6. The van der Waals surface area contributed by atoms with Crippen molar-refractivity contribution in [3.8, 4) is 11.5 Å². The fraction of sp³-hybridized carbons (Fsp3) is 0.364. The maximum Gasteiger partial charge on any atom is 0.180 e. The van der Waals surface area contributed by atoms with Gasteiger partial charge in [0.25, 0.3) is 0 Å². The first-order valence-corrected chi connectivity index (χ1v) is 4.72. The highest BCUT2D eigenvalue weighted by Gasteiger charge is 2.17. The summed E-state index contributed by atoms with van der Waals surface area (Å²) in [6.07, 6.45) is 0. The highest BCUT2D eigenvalue weighted by molar-refractivity contribution is 6.01. The van der Waals surface area contributed by atoms with Crippen LogP contribution in [0.25, 0.3) is 0 Å². The number of methoxy groups -OCH3 is 2. The zero-order valence-electron chi connectivity index (χ0n) is 9.25. The van der Waals surface area contributed by atoms with E-state index in [9.17, 15) is 9.18 Å². The fourth-order valence-electron chi connectivity index (χ4n) is 1.42. The van der Waals surface area contributed by atoms with Gasteiger partial charge in [-0.1, -0.05) is 0 Å². The zero-order valence-corrected chi connectivity index (χ0v) is 9.25. The lowest BCUT2D eigenvalue weighted by molar-refractivity contribution is 0.0997. The van der Waals surface area contributed by atoms with Crippen molar-refractivity contribution in [2.75, 3.05) is 20.8 Å². The van der Waals surface area contributed by atoms with E-state index in [2.05, 4.69) is 0 Å². The molecule has 5 heteroatoms. The minimum atomic E-state index is -0.675. The molecule has 0 fully saturated rings. The van der Waals surface area contributed by atoms with Gasteiger partial charge in [0.05, 0.1) is 26.3 Å². The number of Topliss-reactive ketones (excluding diaryl/α,β-unsaturated/α-hetero) is 1. The number of carbonyl (C=O) groups excluding carboxylic acids is 1. The van der Waals surface area contributed by atoms with Crippen LogP contribution < -0.4 is 15.2 Å². The monoisotopic (exact) mass is 227 g/mol. The Kier molecular flexibility index (Phi) is 4.25. The van der Waals surface area contributed by atoms with Gasteiger partial charge in [-0.05, 0) is 17.7 Å². The predicted octanol–water partition coefficient (Wildman–Crippen LogP) is 1.31. The first-order chi connectivity index (χ1) is 7.67. The van der Waals surface area contributed by atoms with Crippen LogP contribution in [0.2, 0.25) is 0 Å². The Morgan fingerprint density at radius 1 is 1.38 bits per heavy atom. The zero-order chi connectivity index (χ0) is 12.1. The topological polar surface area (TPSA) is 61.5 Å². The summed E-state index contributed by atoms with van der Waals surface area (Å²) < 4.78 is 22.7. The molecule has 0 amide bonds. The largest absolute Gasteiger partial charge is 0.493 e. The Bertz CT molecular complexity index is 393. The number of carbonyl (C=O) groups is 1. The van der Waals surface area contributed by atoms with Crippen LogP contribution in [0.1, 0.15) is 15.9 Å². The van der Waals surface area contributed by atoms with Gasteiger partial charge in [-0.3, -0.25) is 4.79 Å². The molecule has 0 saturated carbocycles. The van der Waals surface area contributed by atoms with Gasteiger partial charge in [-0.25, -0.2) is 4.39 Å². The van der Waals surface area contributed by atoms with Gasteiger partial charge in [0.15, 0.2) is 17.3 Å². The molecule has 0 aromatic heterocycles. The molecule has 0 aliphatic rings. The normalized spacial score (nSPS) is 10.0. The molecule has 0 bridgehead atoms. The Labute approximate surface area is 93.2 Å². The number of ketones is 1. The number of ether oxygens (including phenoxy) is 2. The summed E-state index contributed by atoms with van der Waals surface area (Å²) >= 11 is 0. The third-order valence-corrected chi connectivity index (χ3v) is 2.18. The van der Waals surface area contributed by atoms with E-state index in [4.69, 9.17) is 15.2 Å². The van der Waals surface area contributed by atoms with Crippen LogP contribution in [-0.2, 0) is 6.67 Å². The van der Waals surface area contributed by atoms with E-state index >= 15 is 0 Å². The molecule has 4 nitrogen and oxygen atoms in total. The van der Waals surface area contributed by atoms with E-state index < -0.39 is 6.67 Å². The molecule has 0 unspecified atom stereocenters. The SMILES string of the molecule is COc1cc(CF)cc(C(=O)CN)c1OC. The molecular formula is C11H14FNO3. The lowest BCUT2D eigenvalue weighted by Crippen LogP contribution is -2.15. The van der Waals surface area contributed by atoms with Crippen molar-refractivity contribution in [2.45, 2.75) is 6.67 Å². The summed E-state index contributed by atoms with van der Waals surface area (Å²) in [5.74, 6) is 0.301. The van der Waals surface area contributed by atoms with Crippen molar-refractivity contribution in [1.29, 1.82) is 0 Å². The fourth-order valence-corrected chi connectivity index (χ4v) is 1.42. The van der Waals surface area contributed by atoms with E-state index in [-0.39, 0.29) is 23.6 Å². The quantitative estimate of drug-likeness (QED) is 0.770. The summed E-state index contributed by atoms with van der Waals surface area (Å²) in [5.41, 5.74) is 5.87. The molecule has 0 atom stereocenters. The second kappa shape index (κ2) is 5.46. The third kappa shape index (κ3) is 2.30. The van der Waals surface area contributed by atoms with E-state index in [1.165, 1.54) is 26.4 Å². The summed E-state index contributed by atoms with van der Waals surface area (Å²) in [7, 11) is 2.84. The van der Waals surface area contributed by atoms with Gasteiger partial charge in [0.1, 0.15) is 6.67 Å². The van der Waals surface area contributed by atoms with E-state index in [0.29, 0.717) is 11.3 Å². The highest BCUT2D eigenvalue weighted by Crippen LogP contribution is 2.33. The van der Waals surface area contributed by atoms with Crippen molar-refractivity contribution < 1.29 is 18.7 Å². The van der Waals surface area contributed by atoms with Crippen LogP contribution in [0.15, 0.2) is 12.1 Å². The molecule has 0 radical (unpaired) electrons. The van der Waals surface area contributed by atoms with Crippen LogP contribution in [-0.4, -0.2) is 26.5 Å². The number of rotatable bonds is 5. The minimum Gasteiger partial charge on any atom is -0.493 e. The molecular weight excluding hydrogens is 213 g/mol. The molecule has 2 N–H and O–H groups in total. The van der Waals surface area contributed by atoms with E-state index in [1.54, 1.807) is 0 Å². The summed E-state index contributed by atoms with van der Waals surface area (Å²) in [5, 5.41) is 0. The first-order valence-electron chi connectivity index (χ1n) is 4.72. The Hall–Kier alpha value is -1.62. The second-order valence-corrected chi connectivity index (χ2v) is 3.14. The van der Waals surface area contributed by atoms with Crippen LogP contribution in [0.4, 0.5) is 4.39 Å². The lowest BCUT2D eigenvalue weighted by Gasteiger charge is -2.12. The molecule has 1 aromatic rings. The third-order valence-electron chi connectivity index (χ3n) is 2.18. The van der Waals surface area contributed by atoms with Crippen LogP contribution in [0, 0.1) is 0 Å². The molecule has 1 aromatic carbocycles. The summed E-state index contributed by atoms with van der Waals surface area (Å²) in [6, 6.07) is 2.92. The van der Waals surface area contributed by atoms with Gasteiger partial charge < -0.3 is 15.2 Å². The number of halogens is 1. The summed E-state index contributed by atoms with van der Waals surface area (Å²) in [4.78, 5) is 11.5. The van der Waals surface area contributed by atoms with Crippen LogP contribution in [0.5, 0.6) is 11.5 Å². The molecule has 0 aliphatic carbocycles. The molecule has 0 heterocycles. The number of hydrogen-bond acceptors (Lipinski definition) is 4. The summed E-state index contributed by atoms with van der Waals surface area (Å²) in [6.45, 7) is -0.833. The van der Waals surface area contributed by atoms with Gasteiger partial charge in [0, 0.05) is 0 Å². The van der Waals surface area contributed by atoms with Crippen molar-refractivity contribution in [3.05, 3.63) is 23.3 Å². The van der Waals surface area contributed by atoms with Crippen molar-refractivity contribution in [1.82, 2.24) is 0 Å². The number of alkyl halides is 1. The number of hydrogen-bond donors (Lipinski definition) is 1. The molecule has 88 valence electrons. The second-order valence-electron chi connectivity index (χ2n) is 3.14. The van der Waals surface area contributed by atoms with Crippen molar-refractivity contribution in [3.63, 3.8) is 0 Å². The molecule has 0 saturated heterocycles. The minimum absolute atomic E-state index is 0.157. The molecule has 1 rings (SSSR count). The van der Waals surface area contributed by atoms with Crippen molar-refractivity contribution >= 4 is 5.78 Å². The van der Waals surface area contributed by atoms with Crippen LogP contribution >= 0.6 is 0 Å². The standard InChI is InChI=1S/C11H14FNO3/c1-15-10-4-7(5-12)3-8(9(14)6-13)11(10)16-2/h3-4H,5-6,13H2,1-2H3. The van der Waals surface area contributed by atoms with Crippen molar-refractivity contribution in [2.24, 2.45) is 5.73 Å². The van der Waals surface area contributed by atoms with Gasteiger partial charge >= 0.3 is 0 Å². The van der Waals surface area contributed by atoms with Crippen LogP contribution in [0.3, 0.4) is 0 Å². The molecule has 16 heavy (non-hydrogen) atoms. The average molecular weight is 227 g/mol. The van der Waals surface area contributed by atoms with E-state index in [1.807, 2.05) is 0 Å². The number of benzene rings is 1. The molecule has 0 aliphatic heterocycles.